The molecule has 1 spiro atoms. The number of benzene rings is 3. The number of aryl methyl sites for hydroxylation is 1. The minimum Gasteiger partial charge on any atom is -0.504 e. The molecule has 0 saturated carbocycles. The molecule has 51 heavy (non-hydrogen) atoms. The van der Waals surface area contributed by atoms with Crippen LogP contribution in [0.2, 0.25) is 0 Å². The van der Waals surface area contributed by atoms with E-state index < -0.39 is 23.8 Å². The Kier molecular flexibility index (Phi) is 7.56. The Hall–Kier alpha value is -4.04. The number of fused-ring (bicyclic) bond motifs is 9. The lowest BCUT2D eigenvalue weighted by molar-refractivity contribution is -0.167. The van der Waals surface area contributed by atoms with Gasteiger partial charge in [-0.3, -0.25) is 10.2 Å². The van der Waals surface area contributed by atoms with E-state index >= 15 is 0 Å². The summed E-state index contributed by atoms with van der Waals surface area (Å²) in [6.45, 7) is 4.34. The van der Waals surface area contributed by atoms with Gasteiger partial charge in [0.15, 0.2) is 40.0 Å². The Bertz CT molecular complexity index is 1990. The fourth-order valence-electron chi connectivity index (χ4n) is 10.0. The maximum atomic E-state index is 14.6. The zero-order valence-corrected chi connectivity index (χ0v) is 30.0. The lowest BCUT2D eigenvalue weighted by atomic mass is 9.65. The number of carbonyl (C=O) groups is 1. The highest BCUT2D eigenvalue weighted by molar-refractivity contribution is 7.99. The molecule has 10 rings (SSSR count). The average molecular weight is 719 g/mol. The molecule has 6 aliphatic heterocycles. The van der Waals surface area contributed by atoms with Gasteiger partial charge >= 0.3 is 5.97 Å². The Labute approximate surface area is 299 Å². The van der Waals surface area contributed by atoms with Crippen LogP contribution < -0.4 is 29.0 Å². The predicted octanol–water partition coefficient (Wildman–Crippen LogP) is 4.24. The molecule has 2 unspecified atom stereocenters. The highest BCUT2D eigenvalue weighted by Gasteiger charge is 2.59. The standard InChI is InChI=1S/C38H42N2O10S/c1-16-8-19-9-20-10-21(26(19)30(42)31(16)46-4)29-35-28-27(34-33(49-15-50-34)17(2)32(28)47-5)23(40(29)36(20)43)13-48-37(44)38(14-51-35)22-12-25(45-3)24(41)11-18(22)6-7-39-38/h8,11-12,20-21,23,29,35-36,39,41-43H,6-7,9-10,13-15H2,1-5H3/t20?,21?,23-,29+,35-,36-,38-/m0/s1. The van der Waals surface area contributed by atoms with Crippen molar-refractivity contribution in [3.63, 3.8) is 0 Å². The molecule has 2 saturated heterocycles. The third-order valence-corrected chi connectivity index (χ3v) is 13.6. The number of hydrogen-bond donors (Lipinski definition) is 4. The highest BCUT2D eigenvalue weighted by Crippen LogP contribution is 2.65. The number of piperidine rings is 1. The van der Waals surface area contributed by atoms with Gasteiger partial charge in [-0.25, -0.2) is 4.79 Å². The molecule has 270 valence electrons. The molecule has 12 nitrogen and oxygen atoms in total. The summed E-state index contributed by atoms with van der Waals surface area (Å²) in [4.78, 5) is 16.7. The van der Waals surface area contributed by atoms with Gasteiger partial charge in [-0.2, -0.15) is 0 Å². The molecular weight excluding hydrogens is 676 g/mol. The fraction of sp³-hybridized carbons (Fsp3) is 0.500. The van der Waals surface area contributed by atoms with E-state index in [-0.39, 0.29) is 59.5 Å². The number of nitrogens with zero attached hydrogens (tertiary/aromatic N) is 1. The summed E-state index contributed by atoms with van der Waals surface area (Å²) < 4.78 is 36.1. The Balaban J connectivity index is 1.29. The van der Waals surface area contributed by atoms with E-state index in [0.29, 0.717) is 54.4 Å². The molecular formula is C38H42N2O10S. The Morgan fingerprint density at radius 2 is 1.75 bits per heavy atom. The quantitative estimate of drug-likeness (QED) is 0.287. The first-order chi connectivity index (χ1) is 24.6. The molecule has 1 aliphatic carbocycles. The molecule has 0 aromatic heterocycles. The molecule has 3 aromatic rings. The molecule has 7 aliphatic rings. The number of aliphatic hydroxyl groups is 1. The van der Waals surface area contributed by atoms with Crippen LogP contribution in [-0.2, 0) is 27.9 Å². The van der Waals surface area contributed by atoms with Crippen LogP contribution in [0.3, 0.4) is 0 Å². The second-order valence-corrected chi connectivity index (χ2v) is 15.6. The van der Waals surface area contributed by atoms with Crippen LogP contribution >= 0.6 is 11.8 Å². The minimum absolute atomic E-state index is 0.0151. The summed E-state index contributed by atoms with van der Waals surface area (Å²) in [5.74, 6) is 2.18. The van der Waals surface area contributed by atoms with Gasteiger partial charge in [0, 0.05) is 52.4 Å². The van der Waals surface area contributed by atoms with E-state index in [0.717, 1.165) is 38.9 Å². The zero-order chi connectivity index (χ0) is 35.5. The van der Waals surface area contributed by atoms with Crippen LogP contribution in [0.5, 0.6) is 40.2 Å². The fourth-order valence-corrected chi connectivity index (χ4v) is 11.8. The molecule has 0 radical (unpaired) electrons. The number of esters is 1. The largest absolute Gasteiger partial charge is 0.504 e. The van der Waals surface area contributed by atoms with Gasteiger partial charge in [0.1, 0.15) is 18.6 Å². The SMILES string of the molecule is COc1cc2c(cc1O)CCN[C@@]21CS[C@H]2c3c(OC)c(C)c4c(c3[C@H](COC1=O)N1[C@@H]2C2CC(Cc3cc(C)c(OC)c(O)c32)[C@@H]1O)OCO4. The minimum atomic E-state index is -1.26. The van der Waals surface area contributed by atoms with Gasteiger partial charge in [-0.05, 0) is 67.5 Å². The number of hydrogen-bond acceptors (Lipinski definition) is 13. The van der Waals surface area contributed by atoms with Crippen molar-refractivity contribution in [1.82, 2.24) is 10.2 Å². The van der Waals surface area contributed by atoms with Gasteiger partial charge in [-0.1, -0.05) is 6.07 Å². The maximum absolute atomic E-state index is 14.6. The van der Waals surface area contributed by atoms with Gasteiger partial charge in [0.2, 0.25) is 6.79 Å². The van der Waals surface area contributed by atoms with Gasteiger partial charge < -0.3 is 43.7 Å². The van der Waals surface area contributed by atoms with Gasteiger partial charge in [-0.15, -0.1) is 11.8 Å². The number of aromatic hydroxyl groups is 2. The van der Waals surface area contributed by atoms with Crippen LogP contribution in [-0.4, -0.2) is 85.5 Å². The second kappa shape index (κ2) is 11.7. The van der Waals surface area contributed by atoms with Crippen molar-refractivity contribution in [2.45, 2.75) is 68.1 Å². The Morgan fingerprint density at radius 1 is 0.961 bits per heavy atom. The number of carbonyl (C=O) groups excluding carboxylic acids is 1. The first-order valence-corrected chi connectivity index (χ1v) is 18.5. The van der Waals surface area contributed by atoms with Crippen LogP contribution in [0.15, 0.2) is 18.2 Å². The molecule has 13 heteroatoms. The smallest absolute Gasteiger partial charge is 0.331 e. The molecule has 4 bridgehead atoms. The molecule has 3 aromatic carbocycles. The van der Waals surface area contributed by atoms with Crippen LogP contribution in [0.1, 0.15) is 68.1 Å². The van der Waals surface area contributed by atoms with E-state index in [2.05, 4.69) is 16.3 Å². The molecule has 4 N–H and O–H groups in total. The van der Waals surface area contributed by atoms with Crippen molar-refractivity contribution in [3.05, 3.63) is 62.7 Å². The third kappa shape index (κ3) is 4.41. The van der Waals surface area contributed by atoms with E-state index in [1.807, 2.05) is 13.8 Å². The summed E-state index contributed by atoms with van der Waals surface area (Å²) in [5, 5.41) is 38.1. The van der Waals surface area contributed by atoms with Crippen LogP contribution in [0.4, 0.5) is 0 Å². The second-order valence-electron chi connectivity index (χ2n) is 14.5. The number of thioether (sulfide) groups is 1. The average Bonchev–Trinajstić information content (AvgIpc) is 3.62. The number of ether oxygens (including phenoxy) is 6. The summed E-state index contributed by atoms with van der Waals surface area (Å²) in [7, 11) is 4.71. The normalized spacial score (nSPS) is 30.1. The summed E-state index contributed by atoms with van der Waals surface area (Å²) in [5.41, 5.74) is 5.49. The number of rotatable bonds is 3. The molecule has 0 amide bonds. The number of methoxy groups -OCH3 is 3. The summed E-state index contributed by atoms with van der Waals surface area (Å²) in [6, 6.07) is 4.53. The molecule has 7 atom stereocenters. The molecule has 6 heterocycles. The Morgan fingerprint density at radius 3 is 2.51 bits per heavy atom. The van der Waals surface area contributed by atoms with Crippen molar-refractivity contribution in [2.75, 3.05) is 47.0 Å². The predicted molar refractivity (Wildman–Crippen MR) is 186 cm³/mol. The maximum Gasteiger partial charge on any atom is 0.331 e. The van der Waals surface area contributed by atoms with Crippen molar-refractivity contribution in [2.24, 2.45) is 5.92 Å². The third-order valence-electron chi connectivity index (χ3n) is 12.1. The number of nitrogens with one attached hydrogen (secondary N) is 1. The van der Waals surface area contributed by atoms with E-state index in [4.69, 9.17) is 28.4 Å². The highest BCUT2D eigenvalue weighted by atomic mass is 32.2. The lowest BCUT2D eigenvalue weighted by Gasteiger charge is -2.59. The number of phenolic OH excluding ortho intramolecular Hbond substituents is 2. The first-order valence-electron chi connectivity index (χ1n) is 17.4. The van der Waals surface area contributed by atoms with Gasteiger partial charge in [0.05, 0.1) is 32.6 Å². The van der Waals surface area contributed by atoms with Gasteiger partial charge in [0.25, 0.3) is 0 Å². The van der Waals surface area contributed by atoms with Crippen LogP contribution in [0.25, 0.3) is 0 Å². The van der Waals surface area contributed by atoms with Crippen molar-refractivity contribution >= 4 is 17.7 Å². The topological polar surface area (TPSA) is 148 Å². The van der Waals surface area contributed by atoms with Crippen LogP contribution in [0, 0.1) is 19.8 Å². The lowest BCUT2D eigenvalue weighted by Crippen LogP contribution is -2.63. The van der Waals surface area contributed by atoms with E-state index in [9.17, 15) is 20.1 Å². The number of aliphatic hydroxyl groups excluding tert-OH is 1. The monoisotopic (exact) mass is 718 g/mol. The first kappa shape index (κ1) is 32.8. The number of phenols is 2. The van der Waals surface area contributed by atoms with Crippen molar-refractivity contribution in [1.29, 1.82) is 0 Å². The van der Waals surface area contributed by atoms with E-state index in [1.165, 1.54) is 7.11 Å². The van der Waals surface area contributed by atoms with Crippen molar-refractivity contribution < 1.29 is 48.5 Å². The summed E-state index contributed by atoms with van der Waals surface area (Å²) >= 11 is 1.59. The summed E-state index contributed by atoms with van der Waals surface area (Å²) in [6.07, 6.45) is 0.978. The van der Waals surface area contributed by atoms with E-state index in [1.54, 1.807) is 38.1 Å². The molecule has 2 fully saturated rings. The van der Waals surface area contributed by atoms with Crippen molar-refractivity contribution in [3.8, 4) is 40.2 Å². The zero-order valence-electron chi connectivity index (χ0n) is 29.2.